The first-order valence-corrected chi connectivity index (χ1v) is 21.0. The molecule has 0 fully saturated rings. The van der Waals surface area contributed by atoms with E-state index in [9.17, 15) is 19.5 Å². The first-order valence-electron chi connectivity index (χ1n) is 19.3. The van der Waals surface area contributed by atoms with Crippen LogP contribution in [-0.4, -0.2) is 46.4 Å². The number of rotatable bonds is 11. The van der Waals surface area contributed by atoms with Gasteiger partial charge in [-0.05, 0) is 99.8 Å². The largest absolute Gasteiger partial charge is 0.489 e. The van der Waals surface area contributed by atoms with Crippen molar-refractivity contribution in [2.45, 2.75) is 44.2 Å². The molecule has 3 atom stereocenters. The van der Waals surface area contributed by atoms with Gasteiger partial charge in [-0.15, -0.1) is 0 Å². The third-order valence-corrected chi connectivity index (χ3v) is 12.0. The lowest BCUT2D eigenvalue weighted by molar-refractivity contribution is -0.142. The summed E-state index contributed by atoms with van der Waals surface area (Å²) in [6, 6.07) is 32.9. The molecule has 3 N–H and O–H groups in total. The van der Waals surface area contributed by atoms with Crippen LogP contribution in [0.4, 0.5) is 5.69 Å². The number of aliphatic carboxylic acids is 1. The lowest BCUT2D eigenvalue weighted by Crippen LogP contribution is -2.54. The topological polar surface area (TPSA) is 141 Å². The molecule has 0 radical (unpaired) electrons. The molecular formula is C48H36Cl2N4O6S. The highest BCUT2D eigenvalue weighted by atomic mass is 35.5. The number of amides is 2. The summed E-state index contributed by atoms with van der Waals surface area (Å²) >= 11 is 13.7. The molecule has 1 unspecified atom stereocenters. The standard InChI is InChI=1S/C48H36Cl2N4O6S/c49-39-16-7-32(20-40(39)50)27-59-38-14-12-35(13-15-38)45-47(56)52-41-22-36-23-43(54(26-37(36)24-44(41)60-45)18-1-2-31-17-19-61-28-31)46(55)53-42(48(57)58)21-29-3-8-33(9-4-29)34-10-5-30(25-51)6-11-34/h3-17,19-20,22,24,28,42-43,45H,18,21,23,26-27H2,(H,52,56)(H,53,55)(H,57,58)/t42-,43-,45?/m0/s1. The Morgan fingerprint density at radius 1 is 0.918 bits per heavy atom. The molecule has 5 aromatic carbocycles. The summed E-state index contributed by atoms with van der Waals surface area (Å²) in [5.41, 5.74) is 7.73. The van der Waals surface area contributed by atoms with E-state index in [1.165, 1.54) is 0 Å². The number of hydrogen-bond donors (Lipinski definition) is 3. The van der Waals surface area contributed by atoms with E-state index in [1.807, 2.05) is 76.3 Å². The summed E-state index contributed by atoms with van der Waals surface area (Å²) in [6.45, 7) is 0.866. The second-order valence-corrected chi connectivity index (χ2v) is 16.2. The van der Waals surface area contributed by atoms with Gasteiger partial charge in [0.15, 0.2) is 0 Å². The van der Waals surface area contributed by atoms with Crippen LogP contribution in [-0.2, 0) is 40.4 Å². The quantitative estimate of drug-likeness (QED) is 0.110. The number of carbonyl (C=O) groups is 3. The molecule has 3 heterocycles. The van der Waals surface area contributed by atoms with Gasteiger partial charge in [0, 0.05) is 29.5 Å². The summed E-state index contributed by atoms with van der Waals surface area (Å²) in [5.74, 6) is 5.52. The van der Waals surface area contributed by atoms with Crippen molar-refractivity contribution in [3.63, 3.8) is 0 Å². The van der Waals surface area contributed by atoms with Crippen LogP contribution in [0.5, 0.6) is 11.5 Å². The van der Waals surface area contributed by atoms with Crippen LogP contribution in [0, 0.1) is 23.2 Å². The third-order valence-electron chi connectivity index (χ3n) is 10.5. The first-order chi connectivity index (χ1) is 29.6. The first kappa shape index (κ1) is 41.1. The Balaban J connectivity index is 0.973. The predicted octanol–water partition coefficient (Wildman–Crippen LogP) is 8.84. The van der Waals surface area contributed by atoms with Gasteiger partial charge in [0.25, 0.3) is 5.91 Å². The highest BCUT2D eigenvalue weighted by molar-refractivity contribution is 7.08. The Labute approximate surface area is 366 Å². The van der Waals surface area contributed by atoms with Crippen molar-refractivity contribution in [1.82, 2.24) is 10.2 Å². The number of hydrogen-bond acceptors (Lipinski definition) is 8. The number of benzene rings is 5. The number of carbonyl (C=O) groups excluding carboxylic acids is 2. The maximum atomic E-state index is 14.1. The number of carboxylic acid groups (broad SMARTS) is 1. The van der Waals surface area contributed by atoms with Crippen molar-refractivity contribution in [2.24, 2.45) is 0 Å². The number of thiophene rings is 1. The van der Waals surface area contributed by atoms with E-state index in [1.54, 1.807) is 59.9 Å². The molecular weight excluding hydrogens is 832 g/mol. The molecule has 304 valence electrons. The number of ether oxygens (including phenoxy) is 2. The number of fused-ring (bicyclic) bond motifs is 2. The fourth-order valence-electron chi connectivity index (χ4n) is 7.28. The summed E-state index contributed by atoms with van der Waals surface area (Å²) in [4.78, 5) is 42.0. The number of halogens is 2. The van der Waals surface area contributed by atoms with Gasteiger partial charge in [-0.2, -0.15) is 16.6 Å². The molecule has 0 saturated heterocycles. The summed E-state index contributed by atoms with van der Waals surface area (Å²) in [6.07, 6.45) is -0.587. The Morgan fingerprint density at radius 2 is 1.66 bits per heavy atom. The van der Waals surface area contributed by atoms with E-state index in [0.29, 0.717) is 44.9 Å². The van der Waals surface area contributed by atoms with Gasteiger partial charge < -0.3 is 25.2 Å². The van der Waals surface area contributed by atoms with Crippen molar-refractivity contribution in [1.29, 1.82) is 5.26 Å². The zero-order chi connectivity index (χ0) is 42.5. The van der Waals surface area contributed by atoms with Gasteiger partial charge >= 0.3 is 5.97 Å². The third kappa shape index (κ3) is 9.73. The maximum Gasteiger partial charge on any atom is 0.326 e. The van der Waals surface area contributed by atoms with E-state index in [2.05, 4.69) is 28.5 Å². The zero-order valence-corrected chi connectivity index (χ0v) is 34.7. The Morgan fingerprint density at radius 3 is 2.34 bits per heavy atom. The van der Waals surface area contributed by atoms with Crippen LogP contribution in [0.2, 0.25) is 10.0 Å². The van der Waals surface area contributed by atoms with Crippen LogP contribution in [0.25, 0.3) is 11.1 Å². The fraction of sp³-hybridized carbons (Fsp3) is 0.167. The minimum absolute atomic E-state index is 0.0719. The number of anilines is 1. The van der Waals surface area contributed by atoms with E-state index in [0.717, 1.165) is 38.9 Å². The molecule has 6 aromatic rings. The van der Waals surface area contributed by atoms with Gasteiger partial charge in [-0.25, -0.2) is 4.79 Å². The number of nitrogens with one attached hydrogen (secondary N) is 2. The zero-order valence-electron chi connectivity index (χ0n) is 32.4. The predicted molar refractivity (Wildman–Crippen MR) is 235 cm³/mol. The second kappa shape index (κ2) is 18.3. The SMILES string of the molecule is N#Cc1ccc(-c2ccc(C[C@H](NC(=O)[C@@H]3Cc4cc5c(cc4CN3CC#Cc3ccsc3)OC(c3ccc(OCc4ccc(Cl)c(Cl)c4)cc3)C(=O)N5)C(=O)O)cc2)cc1. The van der Waals surface area contributed by atoms with Crippen LogP contribution < -0.4 is 20.1 Å². The van der Waals surface area contributed by atoms with Crippen LogP contribution in [0.3, 0.4) is 0 Å². The normalized spacial score (nSPS) is 16.0. The van der Waals surface area contributed by atoms with E-state index >= 15 is 0 Å². The number of nitrogens with zero attached hydrogens (tertiary/aromatic N) is 2. The fourth-order valence-corrected chi connectivity index (χ4v) is 8.18. The molecule has 0 bridgehead atoms. The molecule has 0 saturated carbocycles. The van der Waals surface area contributed by atoms with Crippen molar-refractivity contribution in [2.75, 3.05) is 11.9 Å². The van der Waals surface area contributed by atoms with Gasteiger partial charge in [0.05, 0.1) is 40.0 Å². The van der Waals surface area contributed by atoms with Crippen LogP contribution in [0.15, 0.2) is 120 Å². The van der Waals surface area contributed by atoms with E-state index in [-0.39, 0.29) is 31.9 Å². The average Bonchev–Trinajstić information content (AvgIpc) is 3.80. The Kier molecular flexibility index (Phi) is 12.4. The van der Waals surface area contributed by atoms with Gasteiger partial charge in [-0.3, -0.25) is 14.5 Å². The monoisotopic (exact) mass is 866 g/mol. The maximum absolute atomic E-state index is 14.1. The molecule has 13 heteroatoms. The van der Waals surface area contributed by atoms with Crippen LogP contribution >= 0.6 is 34.5 Å². The number of carboxylic acids is 1. The van der Waals surface area contributed by atoms with Crippen molar-refractivity contribution < 1.29 is 29.0 Å². The molecule has 2 aliphatic heterocycles. The van der Waals surface area contributed by atoms with Crippen molar-refractivity contribution in [3.05, 3.63) is 169 Å². The second-order valence-electron chi connectivity index (χ2n) is 14.6. The molecule has 0 aliphatic carbocycles. The molecule has 61 heavy (non-hydrogen) atoms. The summed E-state index contributed by atoms with van der Waals surface area (Å²) < 4.78 is 12.2. The lowest BCUT2D eigenvalue weighted by atomic mass is 9.91. The van der Waals surface area contributed by atoms with Gasteiger partial charge in [0.1, 0.15) is 24.1 Å². The summed E-state index contributed by atoms with van der Waals surface area (Å²) in [7, 11) is 0. The molecule has 2 aliphatic rings. The Hall–Kier alpha value is -6.60. The van der Waals surface area contributed by atoms with Gasteiger partial charge in [0.2, 0.25) is 12.0 Å². The highest BCUT2D eigenvalue weighted by Gasteiger charge is 2.36. The van der Waals surface area contributed by atoms with Crippen LogP contribution in [0.1, 0.15) is 45.0 Å². The molecule has 1 aromatic heterocycles. The Bertz CT molecular complexity index is 2710. The van der Waals surface area contributed by atoms with Gasteiger partial charge in [-0.1, -0.05) is 89.6 Å². The minimum Gasteiger partial charge on any atom is -0.489 e. The van der Waals surface area contributed by atoms with E-state index in [4.69, 9.17) is 37.9 Å². The molecule has 10 nitrogen and oxygen atoms in total. The number of nitriles is 1. The highest BCUT2D eigenvalue weighted by Crippen LogP contribution is 2.40. The summed E-state index contributed by atoms with van der Waals surface area (Å²) in [5, 5.41) is 30.0. The molecule has 2 amide bonds. The van der Waals surface area contributed by atoms with E-state index < -0.39 is 30.1 Å². The van der Waals surface area contributed by atoms with Crippen molar-refractivity contribution in [3.8, 4) is 40.5 Å². The average molecular weight is 868 g/mol. The lowest BCUT2D eigenvalue weighted by Gasteiger charge is -2.36. The molecule has 8 rings (SSSR count). The van der Waals surface area contributed by atoms with Crippen molar-refractivity contribution >= 4 is 58.0 Å². The smallest absolute Gasteiger partial charge is 0.326 e. The minimum atomic E-state index is -1.19. The molecule has 0 spiro atoms.